The molecule has 1 aliphatic heterocycles. The van der Waals surface area contributed by atoms with Crippen molar-refractivity contribution in [1.29, 1.82) is 0 Å². The van der Waals surface area contributed by atoms with Gasteiger partial charge in [-0.25, -0.2) is 4.79 Å². The number of benzene rings is 1. The molecular formula is C9H7NO3. The fraction of sp³-hybridized carbons (Fsp3) is 0.111. The molecule has 0 saturated carbocycles. The minimum Gasteiger partial charge on any atom is -0.434 e. The van der Waals surface area contributed by atoms with E-state index in [-0.39, 0.29) is 0 Å². The minimum atomic E-state index is -0.624. The molecule has 0 spiro atoms. The molecule has 0 aliphatic carbocycles. The van der Waals surface area contributed by atoms with Crippen LogP contribution >= 0.6 is 0 Å². The van der Waals surface area contributed by atoms with Crippen LogP contribution in [0.15, 0.2) is 24.3 Å². The molecule has 66 valence electrons. The maximum Gasteiger partial charge on any atom is 0.340 e. The van der Waals surface area contributed by atoms with Crippen molar-refractivity contribution in [2.45, 2.75) is 6.23 Å². The lowest BCUT2D eigenvalue weighted by Gasteiger charge is -2.07. The number of hydrogen-bond acceptors (Lipinski definition) is 3. The summed E-state index contributed by atoms with van der Waals surface area (Å²) in [5.74, 6) is -0.394. The van der Waals surface area contributed by atoms with Crippen molar-refractivity contribution in [2.24, 2.45) is 0 Å². The Bertz CT molecular complexity index is 362. The van der Waals surface area contributed by atoms with Gasteiger partial charge in [-0.05, 0) is 6.07 Å². The van der Waals surface area contributed by atoms with Crippen molar-refractivity contribution >= 4 is 12.4 Å². The highest BCUT2D eigenvalue weighted by Gasteiger charge is 2.29. The molecule has 4 heteroatoms. The van der Waals surface area contributed by atoms with Crippen LogP contribution in [0.1, 0.15) is 22.1 Å². The van der Waals surface area contributed by atoms with Crippen LogP contribution in [0.2, 0.25) is 0 Å². The first kappa shape index (κ1) is 7.79. The van der Waals surface area contributed by atoms with Gasteiger partial charge in [0, 0.05) is 5.56 Å². The Kier molecular flexibility index (Phi) is 1.73. The summed E-state index contributed by atoms with van der Waals surface area (Å²) >= 11 is 0. The standard InChI is InChI=1S/C9H7NO3/c11-5-10-8-6-3-1-2-4-7(6)9(12)13-8/h1-5,8H,(H,10,11). The predicted octanol–water partition coefficient (Wildman–Crippen LogP) is 0.602. The zero-order valence-electron chi connectivity index (χ0n) is 6.69. The van der Waals surface area contributed by atoms with Crippen molar-refractivity contribution in [3.05, 3.63) is 35.4 Å². The van der Waals surface area contributed by atoms with E-state index in [0.717, 1.165) is 0 Å². The maximum atomic E-state index is 11.2. The topological polar surface area (TPSA) is 55.4 Å². The van der Waals surface area contributed by atoms with Gasteiger partial charge in [-0.2, -0.15) is 0 Å². The van der Waals surface area contributed by atoms with E-state index in [2.05, 4.69) is 5.32 Å². The monoisotopic (exact) mass is 177 g/mol. The second kappa shape index (κ2) is 2.90. The number of rotatable bonds is 2. The molecule has 13 heavy (non-hydrogen) atoms. The SMILES string of the molecule is O=CNC1OC(=O)c2ccccc21. The van der Waals surface area contributed by atoms with Crippen molar-refractivity contribution in [3.8, 4) is 0 Å². The fourth-order valence-corrected chi connectivity index (χ4v) is 1.33. The Balaban J connectivity index is 2.41. The van der Waals surface area contributed by atoms with Gasteiger partial charge in [0.1, 0.15) is 0 Å². The quantitative estimate of drug-likeness (QED) is 0.531. The second-order valence-corrected chi connectivity index (χ2v) is 2.66. The highest BCUT2D eigenvalue weighted by molar-refractivity contribution is 5.94. The van der Waals surface area contributed by atoms with Gasteiger partial charge in [0.25, 0.3) is 0 Å². The summed E-state index contributed by atoms with van der Waals surface area (Å²) in [6.07, 6.45) is -0.110. The van der Waals surface area contributed by atoms with Crippen LogP contribution in [0, 0.1) is 0 Å². The molecule has 1 atom stereocenters. The summed E-state index contributed by atoms with van der Waals surface area (Å²) in [6.45, 7) is 0. The third kappa shape index (κ3) is 1.16. The number of fused-ring (bicyclic) bond motifs is 1. The molecule has 1 aliphatic rings. The zero-order chi connectivity index (χ0) is 9.26. The number of carbonyl (C=O) groups is 2. The number of cyclic esters (lactones) is 1. The molecule has 0 fully saturated rings. The number of ether oxygens (including phenoxy) is 1. The molecule has 0 aromatic heterocycles. The third-order valence-electron chi connectivity index (χ3n) is 1.91. The van der Waals surface area contributed by atoms with Crippen molar-refractivity contribution in [3.63, 3.8) is 0 Å². The molecule has 1 N–H and O–H groups in total. The van der Waals surface area contributed by atoms with Crippen LogP contribution in [0.25, 0.3) is 0 Å². The molecular weight excluding hydrogens is 170 g/mol. The van der Waals surface area contributed by atoms with Gasteiger partial charge in [-0.15, -0.1) is 0 Å². The summed E-state index contributed by atoms with van der Waals surface area (Å²) in [5, 5.41) is 2.41. The number of nitrogens with one attached hydrogen (secondary N) is 1. The van der Waals surface area contributed by atoms with E-state index in [9.17, 15) is 9.59 Å². The van der Waals surface area contributed by atoms with E-state index in [1.165, 1.54) is 0 Å². The van der Waals surface area contributed by atoms with Gasteiger partial charge >= 0.3 is 5.97 Å². The normalized spacial score (nSPS) is 19.1. The summed E-state index contributed by atoms with van der Waals surface area (Å²) in [6, 6.07) is 6.97. The first-order valence-electron chi connectivity index (χ1n) is 3.82. The lowest BCUT2D eigenvalue weighted by atomic mass is 10.1. The molecule has 0 bridgehead atoms. The summed E-state index contributed by atoms with van der Waals surface area (Å²) in [4.78, 5) is 21.3. The van der Waals surface area contributed by atoms with Crippen LogP contribution in [-0.2, 0) is 9.53 Å². The van der Waals surface area contributed by atoms with Crippen LogP contribution in [0.4, 0.5) is 0 Å². The second-order valence-electron chi connectivity index (χ2n) is 2.66. The Morgan fingerprint density at radius 2 is 2.15 bits per heavy atom. The van der Waals surface area contributed by atoms with Gasteiger partial charge in [0.2, 0.25) is 12.6 Å². The lowest BCUT2D eigenvalue weighted by Crippen LogP contribution is -2.18. The Hall–Kier alpha value is -1.84. The Labute approximate surface area is 74.5 Å². The summed E-state index contributed by atoms with van der Waals surface area (Å²) < 4.78 is 4.89. The highest BCUT2D eigenvalue weighted by Crippen LogP contribution is 2.27. The van der Waals surface area contributed by atoms with Crippen molar-refractivity contribution < 1.29 is 14.3 Å². The zero-order valence-corrected chi connectivity index (χ0v) is 6.69. The lowest BCUT2D eigenvalue weighted by molar-refractivity contribution is -0.112. The summed E-state index contributed by atoms with van der Waals surface area (Å²) in [7, 11) is 0. The molecule has 1 aromatic rings. The van der Waals surface area contributed by atoms with E-state index in [4.69, 9.17) is 4.74 Å². The molecule has 2 rings (SSSR count). The molecule has 0 radical (unpaired) electrons. The fourth-order valence-electron chi connectivity index (χ4n) is 1.33. The van der Waals surface area contributed by atoms with E-state index in [0.29, 0.717) is 17.5 Å². The Morgan fingerprint density at radius 3 is 2.92 bits per heavy atom. The summed E-state index contributed by atoms with van der Waals surface area (Å²) in [5.41, 5.74) is 1.22. The smallest absolute Gasteiger partial charge is 0.340 e. The molecule has 1 heterocycles. The maximum absolute atomic E-state index is 11.2. The van der Waals surface area contributed by atoms with Crippen LogP contribution in [0.5, 0.6) is 0 Å². The van der Waals surface area contributed by atoms with Gasteiger partial charge in [0.05, 0.1) is 5.56 Å². The van der Waals surface area contributed by atoms with E-state index in [1.54, 1.807) is 24.3 Å². The highest BCUT2D eigenvalue weighted by atomic mass is 16.6. The molecule has 1 amide bonds. The van der Waals surface area contributed by atoms with Crippen LogP contribution in [-0.4, -0.2) is 12.4 Å². The molecule has 1 aromatic carbocycles. The first-order chi connectivity index (χ1) is 6.33. The number of esters is 1. The number of hydrogen-bond donors (Lipinski definition) is 1. The largest absolute Gasteiger partial charge is 0.434 e. The van der Waals surface area contributed by atoms with Gasteiger partial charge < -0.3 is 10.1 Å². The molecule has 4 nitrogen and oxygen atoms in total. The number of amides is 1. The van der Waals surface area contributed by atoms with E-state index < -0.39 is 12.2 Å². The van der Waals surface area contributed by atoms with Crippen LogP contribution < -0.4 is 5.32 Å². The molecule has 1 unspecified atom stereocenters. The average molecular weight is 177 g/mol. The van der Waals surface area contributed by atoms with E-state index in [1.807, 2.05) is 0 Å². The van der Waals surface area contributed by atoms with Crippen molar-refractivity contribution in [2.75, 3.05) is 0 Å². The average Bonchev–Trinajstić information content (AvgIpc) is 2.46. The van der Waals surface area contributed by atoms with Gasteiger partial charge in [0.15, 0.2) is 0 Å². The minimum absolute atomic E-state index is 0.394. The van der Waals surface area contributed by atoms with E-state index >= 15 is 0 Å². The van der Waals surface area contributed by atoms with Gasteiger partial charge in [-0.1, -0.05) is 18.2 Å². The van der Waals surface area contributed by atoms with Crippen LogP contribution in [0.3, 0.4) is 0 Å². The third-order valence-corrected chi connectivity index (χ3v) is 1.91. The van der Waals surface area contributed by atoms with Gasteiger partial charge in [-0.3, -0.25) is 4.79 Å². The molecule has 0 saturated heterocycles. The Morgan fingerprint density at radius 1 is 1.38 bits per heavy atom. The predicted molar refractivity (Wildman–Crippen MR) is 43.8 cm³/mol. The van der Waals surface area contributed by atoms with Crippen molar-refractivity contribution in [1.82, 2.24) is 5.32 Å². The first-order valence-corrected chi connectivity index (χ1v) is 3.82. The number of carbonyl (C=O) groups excluding carboxylic acids is 2.